The second-order valence-electron chi connectivity index (χ2n) is 5.93. The summed E-state index contributed by atoms with van der Waals surface area (Å²) in [6, 6.07) is 8.33. The zero-order valence-electron chi connectivity index (χ0n) is 12.9. The van der Waals surface area contributed by atoms with Gasteiger partial charge in [0.2, 0.25) is 0 Å². The molecule has 2 heterocycles. The van der Waals surface area contributed by atoms with Gasteiger partial charge in [-0.25, -0.2) is 4.39 Å². The van der Waals surface area contributed by atoms with E-state index in [9.17, 15) is 4.39 Å². The molecule has 118 valence electrons. The molecule has 0 saturated heterocycles. The van der Waals surface area contributed by atoms with Gasteiger partial charge in [-0.15, -0.1) is 0 Å². The number of aliphatic imine (C=N–C) groups is 1. The molecule has 0 radical (unpaired) electrons. The van der Waals surface area contributed by atoms with Crippen LogP contribution >= 0.6 is 0 Å². The maximum atomic E-state index is 13.0. The topological polar surface area (TPSA) is 77.3 Å². The lowest BCUT2D eigenvalue weighted by molar-refractivity contribution is 0.424. The van der Waals surface area contributed by atoms with Gasteiger partial charge in [-0.1, -0.05) is 18.2 Å². The molecule has 5 heteroatoms. The molecular weight excluding hydrogens is 291 g/mol. The van der Waals surface area contributed by atoms with Gasteiger partial charge in [0.1, 0.15) is 12.0 Å². The average Bonchev–Trinajstić information content (AvgIpc) is 2.53. The molecule has 2 aromatic rings. The largest absolute Gasteiger partial charge is 0.319 e. The Labute approximate surface area is 134 Å². The van der Waals surface area contributed by atoms with Gasteiger partial charge >= 0.3 is 0 Å². The van der Waals surface area contributed by atoms with Crippen molar-refractivity contribution >= 4 is 5.71 Å². The lowest BCUT2D eigenvalue weighted by Gasteiger charge is -2.32. The minimum absolute atomic E-state index is 0.259. The van der Waals surface area contributed by atoms with Crippen LogP contribution in [0.25, 0.3) is 11.1 Å². The number of benzene rings is 1. The van der Waals surface area contributed by atoms with Crippen molar-refractivity contribution in [2.75, 3.05) is 0 Å². The number of nitrogens with zero attached hydrogens (tertiary/aromatic N) is 2. The predicted octanol–water partition coefficient (Wildman–Crippen LogP) is 2.44. The van der Waals surface area contributed by atoms with Gasteiger partial charge in [-0.2, -0.15) is 0 Å². The maximum absolute atomic E-state index is 13.0. The Morgan fingerprint density at radius 2 is 1.91 bits per heavy atom. The molecule has 4 N–H and O–H groups in total. The summed E-state index contributed by atoms with van der Waals surface area (Å²) in [5.74, 6) is -0.259. The van der Waals surface area contributed by atoms with Gasteiger partial charge in [-0.05, 0) is 48.7 Å². The van der Waals surface area contributed by atoms with Gasteiger partial charge in [-0.3, -0.25) is 9.98 Å². The van der Waals surface area contributed by atoms with E-state index in [2.05, 4.69) is 9.98 Å². The molecule has 1 aliphatic rings. The predicted molar refractivity (Wildman–Crippen MR) is 90.5 cm³/mol. The van der Waals surface area contributed by atoms with Crippen molar-refractivity contribution in [2.24, 2.45) is 16.5 Å². The first-order chi connectivity index (χ1) is 11.0. The third kappa shape index (κ3) is 3.36. The molecular formula is C18H19FN4. The number of hydrogen-bond donors (Lipinski definition) is 2. The summed E-state index contributed by atoms with van der Waals surface area (Å²) in [5.41, 5.74) is 15.4. The van der Waals surface area contributed by atoms with Crippen molar-refractivity contribution in [1.29, 1.82) is 0 Å². The minimum atomic E-state index is -0.734. The molecule has 1 aromatic heterocycles. The summed E-state index contributed by atoms with van der Waals surface area (Å²) in [5, 5.41) is 0. The quantitative estimate of drug-likeness (QED) is 0.914. The summed E-state index contributed by atoms with van der Waals surface area (Å²) >= 11 is 0. The molecule has 1 aliphatic heterocycles. The van der Waals surface area contributed by atoms with E-state index in [4.69, 9.17) is 11.5 Å². The second kappa shape index (κ2) is 6.02. The molecule has 0 fully saturated rings. The molecule has 3 rings (SSSR count). The third-order valence-electron chi connectivity index (χ3n) is 4.01. The van der Waals surface area contributed by atoms with Crippen LogP contribution in [-0.4, -0.2) is 22.4 Å². The van der Waals surface area contributed by atoms with Crippen molar-refractivity contribution in [2.45, 2.75) is 25.0 Å². The first-order valence-corrected chi connectivity index (χ1v) is 7.44. The molecule has 4 nitrogen and oxygen atoms in total. The smallest absolute Gasteiger partial charge is 0.123 e. The van der Waals surface area contributed by atoms with Crippen molar-refractivity contribution in [1.82, 2.24) is 4.98 Å². The number of nitrogens with two attached hydrogens (primary N) is 2. The summed E-state index contributed by atoms with van der Waals surface area (Å²) in [7, 11) is 0. The van der Waals surface area contributed by atoms with Crippen LogP contribution in [0.5, 0.6) is 0 Å². The SMILES string of the molecule is CC1=NC(N)C(N)(Cc2cncc(-c3ccc(F)cc3)c2)C=C1. The number of rotatable bonds is 3. The average molecular weight is 310 g/mol. The number of hydrogen-bond acceptors (Lipinski definition) is 4. The van der Waals surface area contributed by atoms with Gasteiger partial charge in [0, 0.05) is 23.7 Å². The van der Waals surface area contributed by atoms with Crippen molar-refractivity contribution in [3.8, 4) is 11.1 Å². The lowest BCUT2D eigenvalue weighted by atomic mass is 9.86. The van der Waals surface area contributed by atoms with E-state index in [1.807, 2.05) is 25.1 Å². The van der Waals surface area contributed by atoms with Crippen LogP contribution < -0.4 is 11.5 Å². The number of allylic oxidation sites excluding steroid dienone is 1. The summed E-state index contributed by atoms with van der Waals surface area (Å²) in [4.78, 5) is 8.61. The van der Waals surface area contributed by atoms with E-state index in [-0.39, 0.29) is 5.82 Å². The van der Waals surface area contributed by atoms with Crippen LogP contribution in [-0.2, 0) is 6.42 Å². The Hall–Kier alpha value is -2.37. The Balaban J connectivity index is 1.86. The Bertz CT molecular complexity index is 767. The van der Waals surface area contributed by atoms with Crippen LogP contribution in [0, 0.1) is 5.82 Å². The molecule has 0 spiro atoms. The Morgan fingerprint density at radius 3 is 2.61 bits per heavy atom. The van der Waals surface area contributed by atoms with E-state index in [1.54, 1.807) is 24.5 Å². The highest BCUT2D eigenvalue weighted by Gasteiger charge is 2.32. The summed E-state index contributed by atoms with van der Waals surface area (Å²) < 4.78 is 13.0. The molecule has 0 saturated carbocycles. The minimum Gasteiger partial charge on any atom is -0.319 e. The highest BCUT2D eigenvalue weighted by Crippen LogP contribution is 2.24. The normalized spacial score (nSPS) is 23.7. The molecule has 2 unspecified atom stereocenters. The van der Waals surface area contributed by atoms with E-state index in [0.29, 0.717) is 6.42 Å². The number of pyridine rings is 1. The fourth-order valence-corrected chi connectivity index (χ4v) is 2.66. The van der Waals surface area contributed by atoms with Crippen molar-refractivity contribution in [3.63, 3.8) is 0 Å². The summed E-state index contributed by atoms with van der Waals surface area (Å²) in [6.07, 6.45) is 7.36. The highest BCUT2D eigenvalue weighted by molar-refractivity contribution is 5.94. The number of dihydropyridines is 1. The molecule has 2 atom stereocenters. The van der Waals surface area contributed by atoms with E-state index >= 15 is 0 Å². The second-order valence-corrected chi connectivity index (χ2v) is 5.93. The molecule has 0 amide bonds. The summed E-state index contributed by atoms with van der Waals surface area (Å²) in [6.45, 7) is 1.90. The fourth-order valence-electron chi connectivity index (χ4n) is 2.66. The third-order valence-corrected chi connectivity index (χ3v) is 4.01. The maximum Gasteiger partial charge on any atom is 0.123 e. The first kappa shape index (κ1) is 15.5. The van der Waals surface area contributed by atoms with E-state index in [0.717, 1.165) is 22.4 Å². The lowest BCUT2D eigenvalue weighted by Crippen LogP contribution is -2.56. The van der Waals surface area contributed by atoms with Crippen molar-refractivity contribution < 1.29 is 4.39 Å². The van der Waals surface area contributed by atoms with Crippen LogP contribution in [0.2, 0.25) is 0 Å². The monoisotopic (exact) mass is 310 g/mol. The van der Waals surface area contributed by atoms with Gasteiger partial charge < -0.3 is 11.5 Å². The van der Waals surface area contributed by atoms with Gasteiger partial charge in [0.15, 0.2) is 0 Å². The number of halogens is 1. The van der Waals surface area contributed by atoms with Crippen LogP contribution in [0.4, 0.5) is 4.39 Å². The standard InChI is InChI=1S/C18H19FN4/c1-12-6-7-18(21,17(20)23-12)9-13-8-15(11-22-10-13)14-2-4-16(19)5-3-14/h2-8,10-11,17H,9,20-21H2,1H3. The zero-order chi connectivity index (χ0) is 16.4. The molecule has 23 heavy (non-hydrogen) atoms. The van der Waals surface area contributed by atoms with Crippen molar-refractivity contribution in [3.05, 3.63) is 66.3 Å². The first-order valence-electron chi connectivity index (χ1n) is 7.44. The van der Waals surface area contributed by atoms with Crippen LogP contribution in [0.15, 0.2) is 59.9 Å². The van der Waals surface area contributed by atoms with Gasteiger partial charge in [0.25, 0.3) is 0 Å². The van der Waals surface area contributed by atoms with E-state index < -0.39 is 11.7 Å². The van der Waals surface area contributed by atoms with E-state index in [1.165, 1.54) is 12.1 Å². The highest BCUT2D eigenvalue weighted by atomic mass is 19.1. The van der Waals surface area contributed by atoms with Crippen LogP contribution in [0.1, 0.15) is 12.5 Å². The molecule has 1 aromatic carbocycles. The Morgan fingerprint density at radius 1 is 1.17 bits per heavy atom. The van der Waals surface area contributed by atoms with Crippen LogP contribution in [0.3, 0.4) is 0 Å². The number of aromatic nitrogens is 1. The molecule has 0 bridgehead atoms. The molecule has 0 aliphatic carbocycles. The van der Waals surface area contributed by atoms with Gasteiger partial charge in [0.05, 0.1) is 5.54 Å². The zero-order valence-corrected chi connectivity index (χ0v) is 12.9. The fraction of sp³-hybridized carbons (Fsp3) is 0.222. The Kier molecular flexibility index (Phi) is 4.07.